The first-order valence-electron chi connectivity index (χ1n) is 12.0. The van der Waals surface area contributed by atoms with Gasteiger partial charge in [-0.25, -0.2) is 0 Å². The molecular formula is C26H32N4O4S. The molecule has 1 aromatic heterocycles. The van der Waals surface area contributed by atoms with Gasteiger partial charge in [-0.15, -0.1) is 0 Å². The molecule has 35 heavy (non-hydrogen) atoms. The van der Waals surface area contributed by atoms with Crippen molar-refractivity contribution in [1.29, 1.82) is 0 Å². The fourth-order valence-corrected chi connectivity index (χ4v) is 4.55. The fourth-order valence-electron chi connectivity index (χ4n) is 4.27. The largest absolute Gasteiger partial charge is 0.492 e. The molecule has 8 nitrogen and oxygen atoms in total. The smallest absolute Gasteiger partial charge is 0.262 e. The molecule has 0 radical (unpaired) electrons. The van der Waals surface area contributed by atoms with E-state index < -0.39 is 0 Å². The van der Waals surface area contributed by atoms with Gasteiger partial charge in [-0.2, -0.15) is 0 Å². The molecule has 0 spiro atoms. The van der Waals surface area contributed by atoms with Crippen LogP contribution in [0.5, 0.6) is 5.75 Å². The van der Waals surface area contributed by atoms with Crippen molar-refractivity contribution in [3.63, 3.8) is 0 Å². The van der Waals surface area contributed by atoms with E-state index in [0.29, 0.717) is 34.9 Å². The Bertz CT molecular complexity index is 1270. The lowest BCUT2D eigenvalue weighted by atomic mass is 10.1. The fraction of sp³-hybridized carbons (Fsp3) is 0.423. The molecule has 1 aliphatic rings. The topological polar surface area (TPSA) is 88.6 Å². The highest BCUT2D eigenvalue weighted by Crippen LogP contribution is 2.15. The number of nitrogens with zero attached hydrogens (tertiary/aromatic N) is 2. The molecule has 2 aromatic carbocycles. The average molecular weight is 497 g/mol. The quantitative estimate of drug-likeness (QED) is 0.419. The Morgan fingerprint density at radius 2 is 2.03 bits per heavy atom. The number of carbonyl (C=O) groups excluding carboxylic acids is 1. The molecule has 3 aromatic rings. The van der Waals surface area contributed by atoms with Crippen LogP contribution in [-0.2, 0) is 22.6 Å². The third kappa shape index (κ3) is 6.78. The molecule has 0 bridgehead atoms. The van der Waals surface area contributed by atoms with E-state index in [0.717, 1.165) is 43.9 Å². The number of hydrogen-bond acceptors (Lipinski definition) is 6. The van der Waals surface area contributed by atoms with Crippen molar-refractivity contribution >= 4 is 29.0 Å². The highest BCUT2D eigenvalue weighted by molar-refractivity contribution is 7.71. The number of amides is 1. The highest BCUT2D eigenvalue weighted by atomic mass is 32.1. The summed E-state index contributed by atoms with van der Waals surface area (Å²) in [5, 5.41) is 3.47. The zero-order chi connectivity index (χ0) is 24.6. The lowest BCUT2D eigenvalue weighted by Gasteiger charge is -2.31. The van der Waals surface area contributed by atoms with Crippen molar-refractivity contribution < 1.29 is 14.3 Å². The Hall–Kier alpha value is -3.01. The van der Waals surface area contributed by atoms with E-state index in [9.17, 15) is 9.59 Å². The molecule has 2 N–H and O–H groups in total. The molecule has 1 saturated heterocycles. The number of likely N-dealkylation sites (N-methyl/N-ethyl adjacent to an activating group) is 1. The number of carbonyl (C=O) groups is 1. The standard InChI is InChI=1S/C26H32N4O4S/c1-29(20-10-14-33-15-11-20)13-16-34-21-6-4-5-19(17-21)18-27-24(31)9-12-30-25(32)22-7-2-3-8-23(22)28-26(30)35/h2-8,17,20H,9-16,18H2,1H3,(H,27,31)(H,28,35). The van der Waals surface area contributed by atoms with Crippen LogP contribution in [0.4, 0.5) is 0 Å². The van der Waals surface area contributed by atoms with Gasteiger partial charge in [0, 0.05) is 45.3 Å². The van der Waals surface area contributed by atoms with Crippen molar-refractivity contribution in [2.24, 2.45) is 0 Å². The first-order chi connectivity index (χ1) is 17.0. The summed E-state index contributed by atoms with van der Waals surface area (Å²) in [7, 11) is 2.13. The van der Waals surface area contributed by atoms with Crippen LogP contribution in [0.1, 0.15) is 24.8 Å². The van der Waals surface area contributed by atoms with Gasteiger partial charge in [0.1, 0.15) is 12.4 Å². The maximum Gasteiger partial charge on any atom is 0.262 e. The monoisotopic (exact) mass is 496 g/mol. The van der Waals surface area contributed by atoms with Gasteiger partial charge in [-0.1, -0.05) is 24.3 Å². The van der Waals surface area contributed by atoms with Gasteiger partial charge < -0.3 is 19.8 Å². The molecule has 1 aliphatic heterocycles. The third-order valence-corrected chi connectivity index (χ3v) is 6.69. The Morgan fingerprint density at radius 3 is 2.86 bits per heavy atom. The van der Waals surface area contributed by atoms with Gasteiger partial charge in [0.2, 0.25) is 5.91 Å². The zero-order valence-corrected chi connectivity index (χ0v) is 20.8. The van der Waals surface area contributed by atoms with Gasteiger partial charge in [0.05, 0.1) is 10.9 Å². The number of nitrogens with one attached hydrogen (secondary N) is 2. The molecule has 1 amide bonds. The number of fused-ring (bicyclic) bond motifs is 1. The summed E-state index contributed by atoms with van der Waals surface area (Å²) in [6.45, 7) is 3.71. The third-order valence-electron chi connectivity index (χ3n) is 6.37. The molecule has 1 fully saturated rings. The summed E-state index contributed by atoms with van der Waals surface area (Å²) in [6.07, 6.45) is 2.28. The number of H-pyrrole nitrogens is 1. The second-order valence-corrected chi connectivity index (χ2v) is 9.17. The van der Waals surface area contributed by atoms with Gasteiger partial charge >= 0.3 is 0 Å². The van der Waals surface area contributed by atoms with Crippen molar-refractivity contribution in [3.05, 3.63) is 69.2 Å². The molecule has 2 heterocycles. The molecular weight excluding hydrogens is 464 g/mol. The van der Waals surface area contributed by atoms with E-state index in [4.69, 9.17) is 21.7 Å². The van der Waals surface area contributed by atoms with Crippen LogP contribution in [0.3, 0.4) is 0 Å². The molecule has 0 aliphatic carbocycles. The average Bonchev–Trinajstić information content (AvgIpc) is 2.88. The first kappa shape index (κ1) is 25.1. The second kappa shape index (κ2) is 12.1. The number of aromatic nitrogens is 2. The molecule has 4 rings (SSSR count). The van der Waals surface area contributed by atoms with Crippen LogP contribution in [0.2, 0.25) is 0 Å². The normalized spacial score (nSPS) is 14.3. The van der Waals surface area contributed by atoms with Crippen molar-refractivity contribution in [2.45, 2.75) is 38.4 Å². The molecule has 0 unspecified atom stereocenters. The number of aromatic amines is 1. The Morgan fingerprint density at radius 1 is 1.23 bits per heavy atom. The minimum Gasteiger partial charge on any atom is -0.492 e. The van der Waals surface area contributed by atoms with Crippen LogP contribution < -0.4 is 15.6 Å². The maximum atomic E-state index is 12.7. The summed E-state index contributed by atoms with van der Waals surface area (Å²) in [4.78, 5) is 30.5. The van der Waals surface area contributed by atoms with Gasteiger partial charge in [0.15, 0.2) is 4.77 Å². The summed E-state index contributed by atoms with van der Waals surface area (Å²) in [5.41, 5.74) is 1.46. The van der Waals surface area contributed by atoms with Crippen molar-refractivity contribution in [1.82, 2.24) is 19.8 Å². The Balaban J connectivity index is 1.24. The van der Waals surface area contributed by atoms with Crippen molar-refractivity contribution in [2.75, 3.05) is 33.4 Å². The molecule has 0 atom stereocenters. The number of hydrogen-bond donors (Lipinski definition) is 2. The van der Waals surface area contributed by atoms with E-state index in [1.54, 1.807) is 12.1 Å². The van der Waals surface area contributed by atoms with Crippen LogP contribution in [0.15, 0.2) is 53.3 Å². The molecule has 9 heteroatoms. The van der Waals surface area contributed by atoms with E-state index in [2.05, 4.69) is 22.2 Å². The van der Waals surface area contributed by atoms with E-state index in [-0.39, 0.29) is 24.4 Å². The number of para-hydroxylation sites is 1. The highest BCUT2D eigenvalue weighted by Gasteiger charge is 2.18. The Labute approximate surface area is 209 Å². The van der Waals surface area contributed by atoms with Crippen LogP contribution in [0.25, 0.3) is 10.9 Å². The maximum absolute atomic E-state index is 12.7. The number of ether oxygens (including phenoxy) is 2. The van der Waals surface area contributed by atoms with Crippen LogP contribution >= 0.6 is 12.2 Å². The minimum atomic E-state index is -0.190. The van der Waals surface area contributed by atoms with Gasteiger partial charge in [-0.05, 0) is 61.9 Å². The number of rotatable bonds is 10. The summed E-state index contributed by atoms with van der Waals surface area (Å²) in [5.74, 6) is 0.634. The minimum absolute atomic E-state index is 0.149. The predicted molar refractivity (Wildman–Crippen MR) is 138 cm³/mol. The van der Waals surface area contributed by atoms with Crippen molar-refractivity contribution in [3.8, 4) is 5.75 Å². The summed E-state index contributed by atoms with van der Waals surface area (Å²) < 4.78 is 13.1. The SMILES string of the molecule is CN(CCOc1cccc(CNC(=O)CCn2c(=S)[nH]c3ccccc3c2=O)c1)C1CCOCC1. The van der Waals surface area contributed by atoms with E-state index >= 15 is 0 Å². The van der Waals surface area contributed by atoms with Gasteiger partial charge in [0.25, 0.3) is 5.56 Å². The molecule has 186 valence electrons. The van der Waals surface area contributed by atoms with Gasteiger partial charge in [-0.3, -0.25) is 19.1 Å². The summed E-state index contributed by atoms with van der Waals surface area (Å²) in [6, 6.07) is 15.5. The predicted octanol–water partition coefficient (Wildman–Crippen LogP) is 3.26. The van der Waals surface area contributed by atoms with E-state index in [1.165, 1.54) is 4.57 Å². The lowest BCUT2D eigenvalue weighted by Crippen LogP contribution is -2.38. The lowest BCUT2D eigenvalue weighted by molar-refractivity contribution is -0.121. The van der Waals surface area contributed by atoms with Crippen LogP contribution in [0, 0.1) is 4.77 Å². The van der Waals surface area contributed by atoms with Crippen LogP contribution in [-0.4, -0.2) is 59.8 Å². The first-order valence-corrected chi connectivity index (χ1v) is 12.4. The second-order valence-electron chi connectivity index (χ2n) is 8.78. The number of benzene rings is 2. The Kier molecular flexibility index (Phi) is 8.68. The molecule has 0 saturated carbocycles. The summed E-state index contributed by atoms with van der Waals surface area (Å²) >= 11 is 5.32. The zero-order valence-electron chi connectivity index (χ0n) is 20.0. The van der Waals surface area contributed by atoms with E-state index in [1.807, 2.05) is 36.4 Å².